The number of ether oxygens (including phenoxy) is 1. The molecule has 0 spiro atoms. The molecule has 29 heavy (non-hydrogen) atoms. The minimum Gasteiger partial charge on any atom is -0.462 e. The van der Waals surface area contributed by atoms with Gasteiger partial charge in [0.2, 0.25) is 0 Å². The number of thiazole rings is 1. The molecule has 0 radical (unpaired) electrons. The summed E-state index contributed by atoms with van der Waals surface area (Å²) in [5, 5.41) is 8.40. The largest absolute Gasteiger partial charge is 0.462 e. The summed E-state index contributed by atoms with van der Waals surface area (Å²) >= 11 is 7.45. The van der Waals surface area contributed by atoms with E-state index in [-0.39, 0.29) is 36.0 Å². The van der Waals surface area contributed by atoms with Gasteiger partial charge in [-0.2, -0.15) is 0 Å². The lowest BCUT2D eigenvalue weighted by Crippen LogP contribution is -2.40. The Balaban J connectivity index is 0.00000300. The van der Waals surface area contributed by atoms with E-state index in [1.807, 2.05) is 32.0 Å². The summed E-state index contributed by atoms with van der Waals surface area (Å²) in [6.45, 7) is 5.97. The van der Waals surface area contributed by atoms with E-state index in [9.17, 15) is 4.79 Å². The maximum absolute atomic E-state index is 12.0. The minimum absolute atomic E-state index is 0. The monoisotopic (exact) mass is 548 g/mol. The Labute approximate surface area is 197 Å². The van der Waals surface area contributed by atoms with Crippen LogP contribution in [0.25, 0.3) is 0 Å². The molecule has 1 aromatic heterocycles. The van der Waals surface area contributed by atoms with Crippen molar-refractivity contribution in [1.82, 2.24) is 15.6 Å². The van der Waals surface area contributed by atoms with Crippen LogP contribution >= 0.6 is 46.9 Å². The van der Waals surface area contributed by atoms with E-state index in [4.69, 9.17) is 16.3 Å². The number of aliphatic imine (C=N–C) groups is 1. The van der Waals surface area contributed by atoms with Gasteiger partial charge in [0.05, 0.1) is 18.3 Å². The molecule has 3 rings (SSSR count). The molecule has 1 heterocycles. The molecule has 1 aliphatic carbocycles. The lowest BCUT2D eigenvalue weighted by molar-refractivity contribution is 0.0531. The van der Waals surface area contributed by atoms with Crippen LogP contribution in [0.5, 0.6) is 0 Å². The minimum atomic E-state index is -0.319. The number of guanidine groups is 1. The van der Waals surface area contributed by atoms with Crippen LogP contribution in [0.1, 0.15) is 58.2 Å². The Kier molecular flexibility index (Phi) is 8.72. The third kappa shape index (κ3) is 6.05. The highest BCUT2D eigenvalue weighted by Crippen LogP contribution is 2.41. The first-order valence-electron chi connectivity index (χ1n) is 9.32. The SMILES string of the molecule is CCOC(=O)c1sc(C(C)NC(=NC)NC2CC2c2cccc(Cl)c2)nc1C.I. The predicted molar refractivity (Wildman–Crippen MR) is 129 cm³/mol. The van der Waals surface area contributed by atoms with Gasteiger partial charge >= 0.3 is 5.97 Å². The van der Waals surface area contributed by atoms with Crippen LogP contribution in [0.2, 0.25) is 5.02 Å². The fraction of sp³-hybridized carbons (Fsp3) is 0.450. The molecule has 6 nitrogen and oxygen atoms in total. The standard InChI is InChI=1S/C20H25ClN4O2S.HI/c1-5-27-19(26)17-11(2)23-18(28-17)12(3)24-20(22-4)25-16-10-15(16)13-7-6-8-14(21)9-13;/h6-9,12,15-16H,5,10H2,1-4H3,(H2,22,24,25);1H. The molecule has 1 saturated carbocycles. The average molecular weight is 549 g/mol. The molecule has 3 unspecified atom stereocenters. The number of aryl methyl sites for hydroxylation is 1. The van der Waals surface area contributed by atoms with Gasteiger partial charge in [0.1, 0.15) is 9.88 Å². The fourth-order valence-corrected chi connectivity index (χ4v) is 4.22. The predicted octanol–water partition coefficient (Wildman–Crippen LogP) is 4.68. The molecule has 2 aromatic rings. The molecule has 1 fully saturated rings. The number of hydrogen-bond acceptors (Lipinski definition) is 5. The lowest BCUT2D eigenvalue weighted by Gasteiger charge is -2.16. The number of nitrogens with zero attached hydrogens (tertiary/aromatic N) is 2. The molecule has 0 saturated heterocycles. The van der Waals surface area contributed by atoms with Crippen LogP contribution in [0, 0.1) is 6.92 Å². The van der Waals surface area contributed by atoms with Gasteiger partial charge in [0.15, 0.2) is 5.96 Å². The van der Waals surface area contributed by atoms with Crippen molar-refractivity contribution in [3.63, 3.8) is 0 Å². The molecular formula is C20H26ClIN4O2S. The Morgan fingerprint density at radius 1 is 1.48 bits per heavy atom. The van der Waals surface area contributed by atoms with E-state index >= 15 is 0 Å². The summed E-state index contributed by atoms with van der Waals surface area (Å²) in [7, 11) is 1.75. The first-order valence-corrected chi connectivity index (χ1v) is 10.5. The van der Waals surface area contributed by atoms with Crippen LogP contribution in [-0.2, 0) is 4.74 Å². The molecule has 1 aromatic carbocycles. The molecule has 9 heteroatoms. The zero-order valence-corrected chi connectivity index (χ0v) is 20.8. The topological polar surface area (TPSA) is 75.6 Å². The quantitative estimate of drug-likeness (QED) is 0.237. The van der Waals surface area contributed by atoms with Crippen LogP contribution in [0.15, 0.2) is 29.3 Å². The van der Waals surface area contributed by atoms with Crippen LogP contribution in [-0.4, -0.2) is 36.6 Å². The van der Waals surface area contributed by atoms with Gasteiger partial charge in [-0.25, -0.2) is 9.78 Å². The van der Waals surface area contributed by atoms with Crippen molar-refractivity contribution in [1.29, 1.82) is 0 Å². The van der Waals surface area contributed by atoms with Crippen LogP contribution < -0.4 is 10.6 Å². The van der Waals surface area contributed by atoms with E-state index in [1.54, 1.807) is 14.0 Å². The Morgan fingerprint density at radius 3 is 2.90 bits per heavy atom. The lowest BCUT2D eigenvalue weighted by atomic mass is 10.1. The normalized spacial score (nSPS) is 19.1. The van der Waals surface area contributed by atoms with Gasteiger partial charge in [0.25, 0.3) is 0 Å². The number of benzene rings is 1. The summed E-state index contributed by atoms with van der Waals surface area (Å²) < 4.78 is 5.09. The van der Waals surface area contributed by atoms with Gasteiger partial charge in [-0.1, -0.05) is 23.7 Å². The van der Waals surface area contributed by atoms with Crippen molar-refractivity contribution in [3.8, 4) is 0 Å². The number of halogens is 2. The van der Waals surface area contributed by atoms with E-state index < -0.39 is 0 Å². The van der Waals surface area contributed by atoms with Crippen molar-refractivity contribution >= 4 is 58.8 Å². The second-order valence-electron chi connectivity index (χ2n) is 6.77. The number of esters is 1. The molecule has 1 aliphatic rings. The second kappa shape index (κ2) is 10.6. The van der Waals surface area contributed by atoms with Crippen molar-refractivity contribution in [2.75, 3.05) is 13.7 Å². The number of nitrogens with one attached hydrogen (secondary N) is 2. The number of rotatable bonds is 6. The smallest absolute Gasteiger partial charge is 0.350 e. The Morgan fingerprint density at radius 2 is 2.24 bits per heavy atom. The maximum Gasteiger partial charge on any atom is 0.350 e. The second-order valence-corrected chi connectivity index (χ2v) is 8.24. The summed E-state index contributed by atoms with van der Waals surface area (Å²) in [4.78, 5) is 21.4. The Hall–Kier alpha value is -1.39. The Bertz CT molecular complexity index is 889. The van der Waals surface area contributed by atoms with E-state index in [2.05, 4.69) is 26.7 Å². The number of carbonyl (C=O) groups is 1. The first kappa shape index (κ1) is 23.9. The van der Waals surface area contributed by atoms with Gasteiger partial charge in [0, 0.05) is 24.0 Å². The summed E-state index contributed by atoms with van der Waals surface area (Å²) in [5.41, 5.74) is 1.93. The highest BCUT2D eigenvalue weighted by atomic mass is 127. The maximum atomic E-state index is 12.0. The summed E-state index contributed by atoms with van der Waals surface area (Å²) in [6, 6.07) is 8.23. The third-order valence-electron chi connectivity index (χ3n) is 4.61. The molecule has 158 valence electrons. The zero-order valence-electron chi connectivity index (χ0n) is 16.9. The molecule has 3 atom stereocenters. The fourth-order valence-electron chi connectivity index (χ4n) is 3.06. The zero-order chi connectivity index (χ0) is 20.3. The third-order valence-corrected chi connectivity index (χ3v) is 6.17. The van der Waals surface area contributed by atoms with Gasteiger partial charge in [-0.05, 0) is 44.9 Å². The molecule has 0 amide bonds. The highest BCUT2D eigenvalue weighted by Gasteiger charge is 2.39. The van der Waals surface area contributed by atoms with Gasteiger partial charge in [-0.15, -0.1) is 35.3 Å². The summed E-state index contributed by atoms with van der Waals surface area (Å²) in [6.07, 6.45) is 1.04. The van der Waals surface area contributed by atoms with Crippen LogP contribution in [0.4, 0.5) is 0 Å². The van der Waals surface area contributed by atoms with E-state index in [0.717, 1.165) is 16.5 Å². The molecular weight excluding hydrogens is 523 g/mol. The van der Waals surface area contributed by atoms with Crippen LogP contribution in [0.3, 0.4) is 0 Å². The summed E-state index contributed by atoms with van der Waals surface area (Å²) in [5.74, 6) is 0.832. The molecule has 2 N–H and O–H groups in total. The number of carbonyl (C=O) groups excluding carboxylic acids is 1. The molecule has 0 bridgehead atoms. The van der Waals surface area contributed by atoms with Crippen molar-refractivity contribution < 1.29 is 9.53 Å². The average Bonchev–Trinajstić information content (AvgIpc) is 3.32. The molecule has 0 aliphatic heterocycles. The highest BCUT2D eigenvalue weighted by molar-refractivity contribution is 14.0. The van der Waals surface area contributed by atoms with Crippen molar-refractivity contribution in [2.24, 2.45) is 4.99 Å². The van der Waals surface area contributed by atoms with Crippen molar-refractivity contribution in [3.05, 3.63) is 50.4 Å². The van der Waals surface area contributed by atoms with E-state index in [0.29, 0.717) is 35.1 Å². The first-order chi connectivity index (χ1) is 13.4. The number of aromatic nitrogens is 1. The van der Waals surface area contributed by atoms with Gasteiger partial charge < -0.3 is 15.4 Å². The van der Waals surface area contributed by atoms with Gasteiger partial charge in [-0.3, -0.25) is 4.99 Å². The van der Waals surface area contributed by atoms with Crippen molar-refractivity contribution in [2.45, 2.75) is 45.2 Å². The van der Waals surface area contributed by atoms with E-state index in [1.165, 1.54) is 16.9 Å². The number of hydrogen-bond donors (Lipinski definition) is 2.